The minimum absolute atomic E-state index is 0.0933. The minimum atomic E-state index is -0.319. The van der Waals surface area contributed by atoms with E-state index in [1.54, 1.807) is 11.0 Å². The van der Waals surface area contributed by atoms with Gasteiger partial charge >= 0.3 is 6.03 Å². The molecule has 7 nitrogen and oxygen atoms in total. The molecule has 1 N–H and O–H groups in total. The number of amides is 3. The molecule has 0 radical (unpaired) electrons. The Bertz CT molecular complexity index is 966. The number of carbonyl (C=O) groups excluding carboxylic acids is 2. The first-order valence-electron chi connectivity index (χ1n) is 9.20. The van der Waals surface area contributed by atoms with E-state index in [-0.39, 0.29) is 17.4 Å². The number of likely N-dealkylation sites (tertiary alicyclic amines) is 1. The number of urea groups is 1. The summed E-state index contributed by atoms with van der Waals surface area (Å²) < 4.78 is 0.510. The van der Waals surface area contributed by atoms with E-state index in [9.17, 15) is 9.59 Å². The molecule has 1 aromatic carbocycles. The van der Waals surface area contributed by atoms with Crippen molar-refractivity contribution in [2.75, 3.05) is 50.5 Å². The summed E-state index contributed by atoms with van der Waals surface area (Å²) in [7, 11) is 3.76. The van der Waals surface area contributed by atoms with Crippen molar-refractivity contribution in [1.82, 2.24) is 14.8 Å². The van der Waals surface area contributed by atoms with Gasteiger partial charge in [-0.2, -0.15) is 0 Å². The van der Waals surface area contributed by atoms with E-state index >= 15 is 0 Å². The second-order valence-electron chi connectivity index (χ2n) is 7.73. The summed E-state index contributed by atoms with van der Waals surface area (Å²) in [6.45, 7) is 2.09. The highest BCUT2D eigenvalue weighted by atomic mass is 35.5. The summed E-state index contributed by atoms with van der Waals surface area (Å²) >= 11 is 13.4. The number of nitrogens with one attached hydrogen (secondary N) is 1. The zero-order chi connectivity index (χ0) is 20.8. The number of hydrogen-bond acceptors (Lipinski definition) is 5. The summed E-state index contributed by atoms with van der Waals surface area (Å²) in [5, 5.41) is 3.89. The van der Waals surface area contributed by atoms with Crippen molar-refractivity contribution in [3.8, 4) is 0 Å². The number of thiazole rings is 1. The van der Waals surface area contributed by atoms with Crippen molar-refractivity contribution < 1.29 is 9.59 Å². The first kappa shape index (κ1) is 20.4. The number of fused-ring (bicyclic) bond motifs is 2. The summed E-state index contributed by atoms with van der Waals surface area (Å²) in [6, 6.07) is 5.30. The van der Waals surface area contributed by atoms with Gasteiger partial charge in [0.05, 0.1) is 12.7 Å². The number of carbonyl (C=O) groups is 2. The molecule has 2 aliphatic rings. The Labute approximate surface area is 183 Å². The molecular formula is C19H21Cl2N5O2S. The maximum Gasteiger partial charge on any atom is 0.328 e. The number of likely N-dealkylation sites (N-methyl/N-ethyl adjacent to an activating group) is 1. The van der Waals surface area contributed by atoms with Crippen LogP contribution < -0.4 is 10.2 Å². The average molecular weight is 454 g/mol. The molecule has 1 spiro atoms. The van der Waals surface area contributed by atoms with Crippen LogP contribution in [-0.4, -0.2) is 67.0 Å². The monoisotopic (exact) mass is 453 g/mol. The number of nitrogens with zero attached hydrogens (tertiary/aromatic N) is 4. The molecule has 10 heteroatoms. The lowest BCUT2D eigenvalue weighted by molar-refractivity contribution is -0.130. The van der Waals surface area contributed by atoms with E-state index < -0.39 is 0 Å². The molecule has 0 saturated carbocycles. The van der Waals surface area contributed by atoms with E-state index in [1.807, 2.05) is 36.0 Å². The van der Waals surface area contributed by atoms with Gasteiger partial charge in [-0.25, -0.2) is 9.78 Å². The molecule has 1 saturated heterocycles. The molecule has 154 valence electrons. The van der Waals surface area contributed by atoms with E-state index in [1.165, 1.54) is 17.5 Å². The normalized spacial score (nSPS) is 20.6. The maximum absolute atomic E-state index is 13.0. The molecule has 4 rings (SSSR count). The summed E-state index contributed by atoms with van der Waals surface area (Å²) in [4.78, 5) is 35.1. The Balaban J connectivity index is 1.60. The lowest BCUT2D eigenvalue weighted by atomic mass is 9.81. The van der Waals surface area contributed by atoms with E-state index in [0.29, 0.717) is 40.7 Å². The predicted molar refractivity (Wildman–Crippen MR) is 116 cm³/mol. The average Bonchev–Trinajstić information content (AvgIpc) is 3.34. The Kier molecular flexibility index (Phi) is 5.46. The van der Waals surface area contributed by atoms with Crippen LogP contribution in [0.4, 0.5) is 15.6 Å². The Hall–Kier alpha value is -1.87. The SMILES string of the molecule is CN(C)CC(=O)N1CCC2(C1)CN(C(=O)Nc1ncc(Cl)s1)c1ccc(Cl)cc12. The molecule has 3 amide bonds. The quantitative estimate of drug-likeness (QED) is 0.771. The van der Waals surface area contributed by atoms with Gasteiger partial charge in [-0.15, -0.1) is 0 Å². The van der Waals surface area contributed by atoms with E-state index in [4.69, 9.17) is 23.2 Å². The van der Waals surface area contributed by atoms with Crippen molar-refractivity contribution in [1.29, 1.82) is 0 Å². The maximum atomic E-state index is 13.0. The molecule has 0 aliphatic carbocycles. The summed E-state index contributed by atoms with van der Waals surface area (Å²) in [6.07, 6.45) is 2.29. The summed E-state index contributed by atoms with van der Waals surface area (Å²) in [5.74, 6) is 0.0933. The largest absolute Gasteiger partial charge is 0.341 e. The molecular weight excluding hydrogens is 433 g/mol. The number of rotatable bonds is 3. The smallest absolute Gasteiger partial charge is 0.328 e. The molecule has 29 heavy (non-hydrogen) atoms. The van der Waals surface area contributed by atoms with Crippen LogP contribution >= 0.6 is 34.5 Å². The minimum Gasteiger partial charge on any atom is -0.341 e. The van der Waals surface area contributed by atoms with Crippen LogP contribution in [0.5, 0.6) is 0 Å². The van der Waals surface area contributed by atoms with Crippen LogP contribution in [0.2, 0.25) is 9.36 Å². The van der Waals surface area contributed by atoms with Crippen LogP contribution in [0.15, 0.2) is 24.4 Å². The highest BCUT2D eigenvalue weighted by Crippen LogP contribution is 2.47. The predicted octanol–water partition coefficient (Wildman–Crippen LogP) is 3.53. The lowest BCUT2D eigenvalue weighted by Gasteiger charge is -2.26. The number of anilines is 2. The number of halogens is 2. The molecule has 1 aromatic heterocycles. The van der Waals surface area contributed by atoms with E-state index in [0.717, 1.165) is 17.7 Å². The molecule has 1 atom stereocenters. The number of benzene rings is 1. The van der Waals surface area contributed by atoms with Gasteiger partial charge in [0.2, 0.25) is 5.91 Å². The highest BCUT2D eigenvalue weighted by Gasteiger charge is 2.49. The fourth-order valence-electron chi connectivity index (χ4n) is 4.10. The second-order valence-corrected chi connectivity index (χ2v) is 9.83. The Morgan fingerprint density at radius 3 is 2.79 bits per heavy atom. The number of aromatic nitrogens is 1. The molecule has 1 unspecified atom stereocenters. The molecule has 3 heterocycles. The third-order valence-corrected chi connectivity index (χ3v) is 6.64. The van der Waals surface area contributed by atoms with Crippen molar-refractivity contribution in [3.63, 3.8) is 0 Å². The van der Waals surface area contributed by atoms with Gasteiger partial charge in [0.25, 0.3) is 0 Å². The zero-order valence-electron chi connectivity index (χ0n) is 16.1. The first-order chi connectivity index (χ1) is 13.8. The third-order valence-electron chi connectivity index (χ3n) is 5.38. The van der Waals surface area contributed by atoms with Crippen LogP contribution in [0.3, 0.4) is 0 Å². The van der Waals surface area contributed by atoms with Gasteiger partial charge < -0.3 is 9.80 Å². The molecule has 0 bridgehead atoms. The molecule has 2 aliphatic heterocycles. The van der Waals surface area contributed by atoms with Gasteiger partial charge in [-0.1, -0.05) is 34.5 Å². The van der Waals surface area contributed by atoms with Gasteiger partial charge in [-0.05, 0) is 44.3 Å². The third kappa shape index (κ3) is 3.94. The second kappa shape index (κ2) is 7.75. The van der Waals surface area contributed by atoms with Gasteiger partial charge in [0, 0.05) is 35.8 Å². The Morgan fingerprint density at radius 1 is 1.31 bits per heavy atom. The van der Waals surface area contributed by atoms with Crippen molar-refractivity contribution >= 4 is 57.3 Å². The van der Waals surface area contributed by atoms with Gasteiger partial charge in [0.15, 0.2) is 5.13 Å². The van der Waals surface area contributed by atoms with Crippen LogP contribution in [0.25, 0.3) is 0 Å². The fourth-order valence-corrected chi connectivity index (χ4v) is 5.07. The van der Waals surface area contributed by atoms with Crippen LogP contribution in [0, 0.1) is 0 Å². The van der Waals surface area contributed by atoms with Gasteiger partial charge in [-0.3, -0.25) is 15.0 Å². The van der Waals surface area contributed by atoms with Gasteiger partial charge in [0.1, 0.15) is 4.34 Å². The fraction of sp³-hybridized carbons (Fsp3) is 0.421. The first-order valence-corrected chi connectivity index (χ1v) is 10.8. The van der Waals surface area contributed by atoms with Crippen molar-refractivity contribution in [3.05, 3.63) is 39.3 Å². The topological polar surface area (TPSA) is 68.8 Å². The van der Waals surface area contributed by atoms with Crippen molar-refractivity contribution in [2.24, 2.45) is 0 Å². The van der Waals surface area contributed by atoms with Crippen molar-refractivity contribution in [2.45, 2.75) is 11.8 Å². The highest BCUT2D eigenvalue weighted by molar-refractivity contribution is 7.19. The molecule has 2 aromatic rings. The summed E-state index contributed by atoms with van der Waals surface area (Å²) in [5.41, 5.74) is 1.51. The van der Waals surface area contributed by atoms with Crippen LogP contribution in [0.1, 0.15) is 12.0 Å². The Morgan fingerprint density at radius 2 is 2.10 bits per heavy atom. The zero-order valence-corrected chi connectivity index (χ0v) is 18.4. The molecule has 1 fully saturated rings. The number of hydrogen-bond donors (Lipinski definition) is 1. The van der Waals surface area contributed by atoms with Crippen LogP contribution in [-0.2, 0) is 10.2 Å². The van der Waals surface area contributed by atoms with E-state index in [2.05, 4.69) is 10.3 Å². The standard InChI is InChI=1S/C19H21Cl2N5O2S/c1-24(2)9-16(27)25-6-5-19(10-25)11-26(14-4-3-12(20)7-13(14)19)18(28)23-17-22-8-15(21)29-17/h3-4,7-8H,5-6,9-11H2,1-2H3,(H,22,23,28). The lowest BCUT2D eigenvalue weighted by Crippen LogP contribution is -2.42.